The molecule has 2 aromatic rings. The molecule has 0 aliphatic rings. The van der Waals surface area contributed by atoms with Crippen molar-refractivity contribution in [1.29, 1.82) is 0 Å². The first-order valence-electron chi connectivity index (χ1n) is 4.62. The summed E-state index contributed by atoms with van der Waals surface area (Å²) >= 11 is 0. The van der Waals surface area contributed by atoms with Crippen molar-refractivity contribution < 1.29 is 9.47 Å². The van der Waals surface area contributed by atoms with Crippen molar-refractivity contribution >= 4 is 0 Å². The predicted octanol–water partition coefficient (Wildman–Crippen LogP) is 2.88. The van der Waals surface area contributed by atoms with Crippen LogP contribution in [0.2, 0.25) is 0 Å². The van der Waals surface area contributed by atoms with Gasteiger partial charge in [-0.1, -0.05) is 18.2 Å². The van der Waals surface area contributed by atoms with Crippen molar-refractivity contribution in [3.8, 4) is 17.4 Å². The quantitative estimate of drug-likeness (QED) is 0.765. The minimum absolute atomic E-state index is 0.478. The van der Waals surface area contributed by atoms with Crippen LogP contribution in [0, 0.1) is 0 Å². The number of hydrogen-bond donors (Lipinski definition) is 0. The summed E-state index contributed by atoms with van der Waals surface area (Å²) in [5, 5.41) is 0. The summed E-state index contributed by atoms with van der Waals surface area (Å²) in [6.07, 6.45) is 1.67. The molecule has 0 bridgehead atoms. The molecule has 0 amide bonds. The maximum Gasteiger partial charge on any atom is 0.262 e. The highest BCUT2D eigenvalue weighted by molar-refractivity contribution is 5.36. The first-order chi connectivity index (χ1) is 7.40. The van der Waals surface area contributed by atoms with Crippen LogP contribution in [0.4, 0.5) is 0 Å². The Bertz CT molecular complexity index is 429. The van der Waals surface area contributed by atoms with Crippen molar-refractivity contribution in [2.45, 2.75) is 0 Å². The van der Waals surface area contributed by atoms with Crippen LogP contribution in [-0.2, 0) is 0 Å². The van der Waals surface area contributed by atoms with Gasteiger partial charge in [0, 0.05) is 6.20 Å². The lowest BCUT2D eigenvalue weighted by atomic mass is 10.3. The highest BCUT2D eigenvalue weighted by Crippen LogP contribution is 2.27. The molecule has 0 aliphatic heterocycles. The highest BCUT2D eigenvalue weighted by atomic mass is 16.5. The van der Waals surface area contributed by atoms with Gasteiger partial charge in [0.1, 0.15) is 5.75 Å². The number of hydrogen-bond acceptors (Lipinski definition) is 3. The van der Waals surface area contributed by atoms with E-state index in [4.69, 9.17) is 9.47 Å². The lowest BCUT2D eigenvalue weighted by molar-refractivity contribution is 0.369. The number of para-hydroxylation sites is 1. The Kier molecular flexibility index (Phi) is 2.83. The molecule has 0 saturated heterocycles. The van der Waals surface area contributed by atoms with Crippen LogP contribution in [-0.4, -0.2) is 12.1 Å². The Balaban J connectivity index is 2.24. The molecular formula is C12H11NO2. The molecule has 76 valence electrons. The van der Waals surface area contributed by atoms with E-state index in [2.05, 4.69) is 4.98 Å². The number of pyridine rings is 1. The van der Waals surface area contributed by atoms with Gasteiger partial charge in [0.2, 0.25) is 0 Å². The monoisotopic (exact) mass is 201 g/mol. The van der Waals surface area contributed by atoms with E-state index >= 15 is 0 Å². The van der Waals surface area contributed by atoms with Crippen molar-refractivity contribution in [2.24, 2.45) is 0 Å². The molecule has 0 aliphatic carbocycles. The SMILES string of the molecule is COc1cccnc1Oc1ccccc1. The fourth-order valence-electron chi connectivity index (χ4n) is 1.21. The number of nitrogens with zero attached hydrogens (tertiary/aromatic N) is 1. The third-order valence-corrected chi connectivity index (χ3v) is 1.91. The molecule has 3 nitrogen and oxygen atoms in total. The Labute approximate surface area is 88.3 Å². The predicted molar refractivity (Wildman–Crippen MR) is 57.3 cm³/mol. The van der Waals surface area contributed by atoms with Crippen LogP contribution in [0.3, 0.4) is 0 Å². The van der Waals surface area contributed by atoms with Crippen molar-refractivity contribution in [1.82, 2.24) is 4.98 Å². The lowest BCUT2D eigenvalue weighted by Crippen LogP contribution is -1.92. The normalized spacial score (nSPS) is 9.67. The molecule has 0 N–H and O–H groups in total. The van der Waals surface area contributed by atoms with E-state index in [1.165, 1.54) is 0 Å². The molecule has 1 aromatic carbocycles. The molecule has 2 rings (SSSR count). The fourth-order valence-corrected chi connectivity index (χ4v) is 1.21. The largest absolute Gasteiger partial charge is 0.491 e. The second-order valence-corrected chi connectivity index (χ2v) is 2.93. The van der Waals surface area contributed by atoms with E-state index in [1.807, 2.05) is 36.4 Å². The maximum absolute atomic E-state index is 5.56. The van der Waals surface area contributed by atoms with E-state index in [-0.39, 0.29) is 0 Å². The van der Waals surface area contributed by atoms with Crippen LogP contribution < -0.4 is 9.47 Å². The summed E-state index contributed by atoms with van der Waals surface area (Å²) in [7, 11) is 1.59. The van der Waals surface area contributed by atoms with Gasteiger partial charge in [-0.15, -0.1) is 0 Å². The van der Waals surface area contributed by atoms with Crippen LogP contribution in [0.15, 0.2) is 48.7 Å². The third kappa shape index (κ3) is 2.26. The van der Waals surface area contributed by atoms with Crippen LogP contribution >= 0.6 is 0 Å². The van der Waals surface area contributed by atoms with Gasteiger partial charge >= 0.3 is 0 Å². The molecule has 1 heterocycles. The van der Waals surface area contributed by atoms with E-state index < -0.39 is 0 Å². The van der Waals surface area contributed by atoms with E-state index in [1.54, 1.807) is 19.4 Å². The summed E-state index contributed by atoms with van der Waals surface area (Å²) in [4.78, 5) is 4.10. The smallest absolute Gasteiger partial charge is 0.262 e. The van der Waals surface area contributed by atoms with Crippen LogP contribution in [0.1, 0.15) is 0 Å². The molecule has 3 heteroatoms. The maximum atomic E-state index is 5.56. The fraction of sp³-hybridized carbons (Fsp3) is 0.0833. The van der Waals surface area contributed by atoms with E-state index in [9.17, 15) is 0 Å². The van der Waals surface area contributed by atoms with Gasteiger partial charge in [0.05, 0.1) is 7.11 Å². The number of aromatic nitrogens is 1. The Hall–Kier alpha value is -2.03. The minimum Gasteiger partial charge on any atom is -0.491 e. The first kappa shape index (κ1) is 9.52. The van der Waals surface area contributed by atoms with Crippen molar-refractivity contribution in [3.63, 3.8) is 0 Å². The van der Waals surface area contributed by atoms with Crippen LogP contribution in [0.25, 0.3) is 0 Å². The summed E-state index contributed by atoms with van der Waals surface area (Å²) in [5.41, 5.74) is 0. The lowest BCUT2D eigenvalue weighted by Gasteiger charge is -2.07. The summed E-state index contributed by atoms with van der Waals surface area (Å²) in [6.45, 7) is 0. The zero-order valence-electron chi connectivity index (χ0n) is 8.38. The average Bonchev–Trinajstić information content (AvgIpc) is 2.31. The standard InChI is InChI=1S/C12H11NO2/c1-14-11-8-5-9-13-12(11)15-10-6-3-2-4-7-10/h2-9H,1H3. The molecule has 1 aromatic heterocycles. The van der Waals surface area contributed by atoms with Gasteiger partial charge in [0.15, 0.2) is 5.75 Å². The first-order valence-corrected chi connectivity index (χ1v) is 4.62. The topological polar surface area (TPSA) is 31.4 Å². The summed E-state index contributed by atoms with van der Waals surface area (Å²) in [5.74, 6) is 1.85. The molecule has 0 atom stereocenters. The van der Waals surface area contributed by atoms with Crippen molar-refractivity contribution in [2.75, 3.05) is 7.11 Å². The molecule has 0 unspecified atom stereocenters. The van der Waals surface area contributed by atoms with E-state index in [0.717, 1.165) is 5.75 Å². The van der Waals surface area contributed by atoms with Gasteiger partial charge in [-0.25, -0.2) is 4.98 Å². The van der Waals surface area contributed by atoms with Gasteiger partial charge in [-0.2, -0.15) is 0 Å². The zero-order valence-corrected chi connectivity index (χ0v) is 8.38. The Morgan fingerprint density at radius 2 is 1.80 bits per heavy atom. The molecule has 0 saturated carbocycles. The number of methoxy groups -OCH3 is 1. The van der Waals surface area contributed by atoms with Gasteiger partial charge in [-0.3, -0.25) is 0 Å². The van der Waals surface area contributed by atoms with Gasteiger partial charge in [0.25, 0.3) is 5.88 Å². The summed E-state index contributed by atoms with van der Waals surface area (Å²) < 4.78 is 10.7. The molecule has 0 spiro atoms. The van der Waals surface area contributed by atoms with E-state index in [0.29, 0.717) is 11.6 Å². The highest BCUT2D eigenvalue weighted by Gasteiger charge is 2.04. The molecule has 0 fully saturated rings. The Morgan fingerprint density at radius 1 is 1.00 bits per heavy atom. The van der Waals surface area contributed by atoms with Crippen molar-refractivity contribution in [3.05, 3.63) is 48.7 Å². The molecule has 0 radical (unpaired) electrons. The average molecular weight is 201 g/mol. The van der Waals surface area contributed by atoms with Crippen LogP contribution in [0.5, 0.6) is 17.4 Å². The number of rotatable bonds is 3. The Morgan fingerprint density at radius 3 is 2.53 bits per heavy atom. The minimum atomic E-state index is 0.478. The zero-order chi connectivity index (χ0) is 10.5. The molecular weight excluding hydrogens is 190 g/mol. The second kappa shape index (κ2) is 4.46. The number of ether oxygens (including phenoxy) is 2. The third-order valence-electron chi connectivity index (χ3n) is 1.91. The number of benzene rings is 1. The summed E-state index contributed by atoms with van der Waals surface area (Å²) in [6, 6.07) is 13.1. The second-order valence-electron chi connectivity index (χ2n) is 2.93. The molecule has 15 heavy (non-hydrogen) atoms. The van der Waals surface area contributed by atoms with Gasteiger partial charge in [-0.05, 0) is 24.3 Å². The van der Waals surface area contributed by atoms with Gasteiger partial charge < -0.3 is 9.47 Å².